The van der Waals surface area contributed by atoms with Crippen LogP contribution in [0.2, 0.25) is 0 Å². The molecule has 0 spiro atoms. The van der Waals surface area contributed by atoms with Gasteiger partial charge in [-0.15, -0.1) is 0 Å². The van der Waals surface area contributed by atoms with Crippen molar-refractivity contribution in [3.8, 4) is 0 Å². The molecule has 0 N–H and O–H groups in total. The van der Waals surface area contributed by atoms with E-state index in [-0.39, 0.29) is 12.3 Å². The van der Waals surface area contributed by atoms with Gasteiger partial charge >= 0.3 is 6.09 Å². The highest BCUT2D eigenvalue weighted by Gasteiger charge is 2.29. The number of nitrogens with zero attached hydrogens (tertiary/aromatic N) is 1. The van der Waals surface area contributed by atoms with Gasteiger partial charge in [0.1, 0.15) is 12.8 Å². The first-order valence-corrected chi connectivity index (χ1v) is 5.81. The largest absolute Gasteiger partial charge is 0.444 e. The molecular formula is C13H17NO3. The van der Waals surface area contributed by atoms with Crippen LogP contribution in [0, 0.1) is 0 Å². The summed E-state index contributed by atoms with van der Waals surface area (Å²) < 4.78 is 10.5. The van der Waals surface area contributed by atoms with Crippen LogP contribution in [0.15, 0.2) is 30.3 Å². The van der Waals surface area contributed by atoms with E-state index < -0.39 is 0 Å². The summed E-state index contributed by atoms with van der Waals surface area (Å²) >= 11 is 0. The van der Waals surface area contributed by atoms with Gasteiger partial charge in [-0.3, -0.25) is 4.90 Å². The predicted octanol–water partition coefficient (Wildman–Crippen LogP) is 2.39. The molecule has 1 aromatic carbocycles. The van der Waals surface area contributed by atoms with Crippen LogP contribution < -0.4 is 0 Å². The van der Waals surface area contributed by atoms with Crippen LogP contribution >= 0.6 is 0 Å². The lowest BCUT2D eigenvalue weighted by Gasteiger charge is -2.22. The molecule has 4 heteroatoms. The highest BCUT2D eigenvalue weighted by atomic mass is 16.6. The third-order valence-corrected chi connectivity index (χ3v) is 2.91. The Hall–Kier alpha value is -1.55. The summed E-state index contributed by atoms with van der Waals surface area (Å²) in [5, 5.41) is 0. The SMILES string of the molecule is CO[C@H]1CCCN1C(=O)OCc1ccccc1. The molecule has 1 fully saturated rings. The molecule has 0 bridgehead atoms. The van der Waals surface area contributed by atoms with E-state index in [0.29, 0.717) is 13.2 Å². The summed E-state index contributed by atoms with van der Waals surface area (Å²) in [6.45, 7) is 1.03. The van der Waals surface area contributed by atoms with Crippen molar-refractivity contribution in [1.29, 1.82) is 0 Å². The average Bonchev–Trinajstić information content (AvgIpc) is 2.85. The minimum absolute atomic E-state index is 0.127. The van der Waals surface area contributed by atoms with E-state index in [0.717, 1.165) is 18.4 Å². The highest BCUT2D eigenvalue weighted by molar-refractivity contribution is 5.68. The van der Waals surface area contributed by atoms with E-state index in [4.69, 9.17) is 9.47 Å². The molecule has 92 valence electrons. The zero-order valence-electron chi connectivity index (χ0n) is 9.96. The average molecular weight is 235 g/mol. The highest BCUT2D eigenvalue weighted by Crippen LogP contribution is 2.18. The fourth-order valence-electron chi connectivity index (χ4n) is 1.99. The Bertz CT molecular complexity index is 366. The summed E-state index contributed by atoms with van der Waals surface area (Å²) in [5.74, 6) is 0. The van der Waals surface area contributed by atoms with Crippen molar-refractivity contribution in [2.24, 2.45) is 0 Å². The number of hydrogen-bond donors (Lipinski definition) is 0. The van der Waals surface area contributed by atoms with Gasteiger partial charge < -0.3 is 9.47 Å². The van der Waals surface area contributed by atoms with Crippen LogP contribution in [-0.4, -0.2) is 30.9 Å². The Morgan fingerprint density at radius 2 is 2.18 bits per heavy atom. The second kappa shape index (κ2) is 5.68. The second-order valence-corrected chi connectivity index (χ2v) is 4.07. The Kier molecular flexibility index (Phi) is 3.98. The number of carbonyl (C=O) groups is 1. The maximum atomic E-state index is 11.8. The van der Waals surface area contributed by atoms with Gasteiger partial charge in [0.25, 0.3) is 0 Å². The van der Waals surface area contributed by atoms with Gasteiger partial charge in [0, 0.05) is 13.7 Å². The third kappa shape index (κ3) is 2.97. The fraction of sp³-hybridized carbons (Fsp3) is 0.462. The van der Waals surface area contributed by atoms with Gasteiger partial charge in [0.2, 0.25) is 0 Å². The maximum absolute atomic E-state index is 11.8. The normalized spacial score (nSPS) is 19.4. The van der Waals surface area contributed by atoms with Crippen molar-refractivity contribution in [3.05, 3.63) is 35.9 Å². The Morgan fingerprint density at radius 3 is 2.88 bits per heavy atom. The Balaban J connectivity index is 1.85. The van der Waals surface area contributed by atoms with E-state index in [2.05, 4.69) is 0 Å². The van der Waals surface area contributed by atoms with Crippen LogP contribution in [0.1, 0.15) is 18.4 Å². The number of methoxy groups -OCH3 is 1. The lowest BCUT2D eigenvalue weighted by Crippen LogP contribution is -2.36. The third-order valence-electron chi connectivity index (χ3n) is 2.91. The molecule has 1 aromatic rings. The molecule has 2 rings (SSSR count). The zero-order chi connectivity index (χ0) is 12.1. The van der Waals surface area contributed by atoms with Gasteiger partial charge in [-0.2, -0.15) is 0 Å². The van der Waals surface area contributed by atoms with E-state index in [1.807, 2.05) is 30.3 Å². The molecular weight excluding hydrogens is 218 g/mol. The number of hydrogen-bond acceptors (Lipinski definition) is 3. The summed E-state index contributed by atoms with van der Waals surface area (Å²) in [7, 11) is 1.62. The van der Waals surface area contributed by atoms with E-state index >= 15 is 0 Å². The Morgan fingerprint density at radius 1 is 1.41 bits per heavy atom. The Labute approximate surface area is 101 Å². The van der Waals surface area contributed by atoms with Crippen LogP contribution in [0.5, 0.6) is 0 Å². The summed E-state index contributed by atoms with van der Waals surface area (Å²) in [6, 6.07) is 9.66. The number of likely N-dealkylation sites (tertiary alicyclic amines) is 1. The van der Waals surface area contributed by atoms with Crippen molar-refractivity contribution >= 4 is 6.09 Å². The molecule has 0 aliphatic carbocycles. The monoisotopic (exact) mass is 235 g/mol. The van der Waals surface area contributed by atoms with Crippen molar-refractivity contribution in [3.63, 3.8) is 0 Å². The molecule has 1 heterocycles. The predicted molar refractivity (Wildman–Crippen MR) is 63.4 cm³/mol. The quantitative estimate of drug-likeness (QED) is 0.807. The minimum atomic E-state index is -0.293. The molecule has 0 aromatic heterocycles. The number of rotatable bonds is 3. The standard InChI is InChI=1S/C13H17NO3/c1-16-12-8-5-9-14(12)13(15)17-10-11-6-3-2-4-7-11/h2-4,6-7,12H,5,8-10H2,1H3/t12-/m0/s1. The van der Waals surface area contributed by atoms with Crippen molar-refractivity contribution < 1.29 is 14.3 Å². The van der Waals surface area contributed by atoms with Gasteiger partial charge in [-0.05, 0) is 18.4 Å². The molecule has 0 radical (unpaired) electrons. The smallest absolute Gasteiger partial charge is 0.412 e. The second-order valence-electron chi connectivity index (χ2n) is 4.07. The molecule has 1 amide bonds. The fourth-order valence-corrected chi connectivity index (χ4v) is 1.99. The lowest BCUT2D eigenvalue weighted by molar-refractivity contribution is -0.00751. The minimum Gasteiger partial charge on any atom is -0.444 e. The first kappa shape index (κ1) is 11.9. The first-order valence-electron chi connectivity index (χ1n) is 5.81. The molecule has 1 aliphatic rings. The van der Waals surface area contributed by atoms with E-state index in [1.54, 1.807) is 12.0 Å². The van der Waals surface area contributed by atoms with E-state index in [1.165, 1.54) is 0 Å². The molecule has 0 saturated carbocycles. The number of benzene rings is 1. The molecule has 17 heavy (non-hydrogen) atoms. The summed E-state index contributed by atoms with van der Waals surface area (Å²) in [5.41, 5.74) is 0.994. The zero-order valence-corrected chi connectivity index (χ0v) is 9.96. The van der Waals surface area contributed by atoms with Crippen molar-refractivity contribution in [2.45, 2.75) is 25.7 Å². The van der Waals surface area contributed by atoms with Gasteiger partial charge in [-0.25, -0.2) is 4.79 Å². The van der Waals surface area contributed by atoms with Crippen LogP contribution in [0.4, 0.5) is 4.79 Å². The molecule has 1 aliphatic heterocycles. The van der Waals surface area contributed by atoms with Crippen molar-refractivity contribution in [1.82, 2.24) is 4.90 Å². The summed E-state index contributed by atoms with van der Waals surface area (Å²) in [4.78, 5) is 13.5. The summed E-state index contributed by atoms with van der Waals surface area (Å²) in [6.07, 6.45) is 1.44. The maximum Gasteiger partial charge on any atom is 0.412 e. The molecule has 1 atom stereocenters. The molecule has 4 nitrogen and oxygen atoms in total. The number of amides is 1. The van der Waals surface area contributed by atoms with E-state index in [9.17, 15) is 4.79 Å². The van der Waals surface area contributed by atoms with Crippen LogP contribution in [0.25, 0.3) is 0 Å². The lowest BCUT2D eigenvalue weighted by atomic mass is 10.2. The van der Waals surface area contributed by atoms with Crippen LogP contribution in [-0.2, 0) is 16.1 Å². The van der Waals surface area contributed by atoms with Gasteiger partial charge in [0.05, 0.1) is 0 Å². The van der Waals surface area contributed by atoms with Crippen molar-refractivity contribution in [2.75, 3.05) is 13.7 Å². The number of carbonyl (C=O) groups excluding carboxylic acids is 1. The van der Waals surface area contributed by atoms with Crippen LogP contribution in [0.3, 0.4) is 0 Å². The number of ether oxygens (including phenoxy) is 2. The topological polar surface area (TPSA) is 38.8 Å². The molecule has 1 saturated heterocycles. The van der Waals surface area contributed by atoms with Gasteiger partial charge in [0.15, 0.2) is 0 Å². The first-order chi connectivity index (χ1) is 8.31. The van der Waals surface area contributed by atoms with Gasteiger partial charge in [-0.1, -0.05) is 30.3 Å². The molecule has 0 unspecified atom stereocenters.